The number of rotatable bonds is 7. The van der Waals surface area contributed by atoms with Crippen molar-refractivity contribution in [2.24, 2.45) is 0 Å². The molecular formula is C18H19N3O3S. The molecule has 6 nitrogen and oxygen atoms in total. The molecule has 7 heteroatoms. The summed E-state index contributed by atoms with van der Waals surface area (Å²) in [5.74, 6) is -0.0868. The van der Waals surface area contributed by atoms with Crippen LogP contribution >= 0.6 is 0 Å². The molecule has 0 atom stereocenters. The first-order valence-corrected chi connectivity index (χ1v) is 9.21. The molecule has 0 aliphatic rings. The minimum atomic E-state index is -3.44. The van der Waals surface area contributed by atoms with E-state index in [0.29, 0.717) is 24.9 Å². The van der Waals surface area contributed by atoms with Crippen LogP contribution in [0.3, 0.4) is 0 Å². The number of aryl methyl sites for hydroxylation is 1. The summed E-state index contributed by atoms with van der Waals surface area (Å²) in [5.41, 5.74) is 2.40. The van der Waals surface area contributed by atoms with Gasteiger partial charge in [0.1, 0.15) is 0 Å². The molecule has 1 amide bonds. The third-order valence-corrected chi connectivity index (χ3v) is 5.15. The van der Waals surface area contributed by atoms with Gasteiger partial charge in [-0.1, -0.05) is 24.3 Å². The Morgan fingerprint density at radius 1 is 1.04 bits per heavy atom. The van der Waals surface area contributed by atoms with Crippen LogP contribution in [0.25, 0.3) is 0 Å². The Bertz CT molecular complexity index is 867. The van der Waals surface area contributed by atoms with Gasteiger partial charge < -0.3 is 5.32 Å². The molecule has 2 aromatic carbocycles. The van der Waals surface area contributed by atoms with E-state index < -0.39 is 10.0 Å². The molecule has 0 aliphatic carbocycles. The number of nitrogens with one attached hydrogen (secondary N) is 2. The van der Waals surface area contributed by atoms with Crippen molar-refractivity contribution in [2.75, 3.05) is 7.05 Å². The van der Waals surface area contributed by atoms with Crippen LogP contribution in [-0.2, 0) is 27.8 Å². The molecule has 0 saturated carbocycles. The average molecular weight is 357 g/mol. The highest BCUT2D eigenvalue weighted by Gasteiger charge is 2.10. The van der Waals surface area contributed by atoms with E-state index in [0.717, 1.165) is 11.1 Å². The van der Waals surface area contributed by atoms with Crippen LogP contribution < -0.4 is 10.0 Å². The molecule has 2 N–H and O–H groups in total. The monoisotopic (exact) mass is 357 g/mol. The van der Waals surface area contributed by atoms with Crippen molar-refractivity contribution in [3.63, 3.8) is 0 Å². The predicted molar refractivity (Wildman–Crippen MR) is 94.0 cm³/mol. The van der Waals surface area contributed by atoms with E-state index in [9.17, 15) is 13.2 Å². The van der Waals surface area contributed by atoms with E-state index in [1.807, 2.05) is 6.07 Å². The standard InChI is InChI=1S/C18H19N3O3S/c1-20-25(23,24)17-9-6-14(7-10-17)8-11-18(22)21-13-16-4-2-15(12-19)3-5-16/h2-7,9-10,20H,8,11,13H2,1H3,(H,21,22). The van der Waals surface area contributed by atoms with Crippen molar-refractivity contribution in [1.82, 2.24) is 10.0 Å². The van der Waals surface area contributed by atoms with Crippen LogP contribution in [0.15, 0.2) is 53.4 Å². The average Bonchev–Trinajstić information content (AvgIpc) is 2.65. The summed E-state index contributed by atoms with van der Waals surface area (Å²) >= 11 is 0. The predicted octanol–water partition coefficient (Wildman–Crippen LogP) is 1.72. The Kier molecular flexibility index (Phi) is 6.28. The van der Waals surface area contributed by atoms with Gasteiger partial charge in [-0.3, -0.25) is 4.79 Å². The van der Waals surface area contributed by atoms with E-state index in [1.54, 1.807) is 36.4 Å². The lowest BCUT2D eigenvalue weighted by atomic mass is 10.1. The largest absolute Gasteiger partial charge is 0.352 e. The number of hydrogen-bond donors (Lipinski definition) is 2. The lowest BCUT2D eigenvalue weighted by molar-refractivity contribution is -0.121. The van der Waals surface area contributed by atoms with Crippen LogP contribution in [0.5, 0.6) is 0 Å². The molecule has 0 spiro atoms. The molecular weight excluding hydrogens is 338 g/mol. The second-order valence-corrected chi connectivity index (χ2v) is 7.32. The van der Waals surface area contributed by atoms with Crippen LogP contribution in [0.2, 0.25) is 0 Å². The third-order valence-electron chi connectivity index (χ3n) is 3.72. The van der Waals surface area contributed by atoms with Gasteiger partial charge in [0.25, 0.3) is 0 Å². The number of carbonyl (C=O) groups is 1. The molecule has 0 aliphatic heterocycles. The SMILES string of the molecule is CNS(=O)(=O)c1ccc(CCC(=O)NCc2ccc(C#N)cc2)cc1. The fourth-order valence-corrected chi connectivity index (χ4v) is 2.93. The van der Waals surface area contributed by atoms with Crippen molar-refractivity contribution in [3.8, 4) is 6.07 Å². The zero-order valence-electron chi connectivity index (χ0n) is 13.8. The molecule has 0 unspecified atom stereocenters. The van der Waals surface area contributed by atoms with E-state index in [2.05, 4.69) is 10.0 Å². The fourth-order valence-electron chi connectivity index (χ4n) is 2.20. The summed E-state index contributed by atoms with van der Waals surface area (Å²) in [5, 5.41) is 11.6. The van der Waals surface area contributed by atoms with Gasteiger partial charge in [0.05, 0.1) is 16.5 Å². The third kappa shape index (κ3) is 5.41. The van der Waals surface area contributed by atoms with E-state index >= 15 is 0 Å². The highest BCUT2D eigenvalue weighted by atomic mass is 32.2. The lowest BCUT2D eigenvalue weighted by Crippen LogP contribution is -2.23. The number of carbonyl (C=O) groups excluding carboxylic acids is 1. The Morgan fingerprint density at radius 3 is 2.20 bits per heavy atom. The molecule has 0 heterocycles. The fraction of sp³-hybridized carbons (Fsp3) is 0.222. The summed E-state index contributed by atoms with van der Waals surface area (Å²) in [7, 11) is -2.08. The second-order valence-electron chi connectivity index (χ2n) is 5.44. The summed E-state index contributed by atoms with van der Waals surface area (Å²) in [6.07, 6.45) is 0.841. The summed E-state index contributed by atoms with van der Waals surface area (Å²) in [4.78, 5) is 12.1. The number of nitriles is 1. The van der Waals surface area contributed by atoms with Gasteiger partial charge in [-0.25, -0.2) is 13.1 Å². The van der Waals surface area contributed by atoms with Crippen LogP contribution in [0.4, 0.5) is 0 Å². The molecule has 0 aromatic heterocycles. The Morgan fingerprint density at radius 2 is 1.64 bits per heavy atom. The summed E-state index contributed by atoms with van der Waals surface area (Å²) in [6, 6.07) is 15.5. The lowest BCUT2D eigenvalue weighted by Gasteiger charge is -2.07. The molecule has 130 valence electrons. The molecule has 0 fully saturated rings. The molecule has 25 heavy (non-hydrogen) atoms. The van der Waals surface area contributed by atoms with E-state index in [4.69, 9.17) is 5.26 Å². The quantitative estimate of drug-likeness (QED) is 0.788. The van der Waals surface area contributed by atoms with Gasteiger partial charge in [-0.05, 0) is 48.9 Å². The van der Waals surface area contributed by atoms with Crippen molar-refractivity contribution in [1.29, 1.82) is 5.26 Å². The smallest absolute Gasteiger partial charge is 0.240 e. The van der Waals surface area contributed by atoms with Gasteiger partial charge in [0.2, 0.25) is 15.9 Å². The number of amides is 1. The first-order valence-electron chi connectivity index (χ1n) is 7.73. The Hall–Kier alpha value is -2.69. The number of benzene rings is 2. The van der Waals surface area contributed by atoms with Gasteiger partial charge in [0.15, 0.2) is 0 Å². The summed E-state index contributed by atoms with van der Waals surface area (Å²) < 4.78 is 25.5. The van der Waals surface area contributed by atoms with Crippen LogP contribution in [0, 0.1) is 11.3 Å². The van der Waals surface area contributed by atoms with E-state index in [1.165, 1.54) is 19.2 Å². The topological polar surface area (TPSA) is 99.1 Å². The van der Waals surface area contributed by atoms with Crippen molar-refractivity contribution in [2.45, 2.75) is 24.3 Å². The second kappa shape index (κ2) is 8.42. The molecule has 0 radical (unpaired) electrons. The van der Waals surface area contributed by atoms with Crippen molar-refractivity contribution < 1.29 is 13.2 Å². The number of sulfonamides is 1. The molecule has 2 aromatic rings. The number of hydrogen-bond acceptors (Lipinski definition) is 4. The zero-order valence-corrected chi connectivity index (χ0v) is 14.6. The molecule has 0 saturated heterocycles. The maximum absolute atomic E-state index is 11.9. The highest BCUT2D eigenvalue weighted by Crippen LogP contribution is 2.11. The minimum absolute atomic E-state index is 0.0868. The van der Waals surface area contributed by atoms with Gasteiger partial charge in [-0.15, -0.1) is 0 Å². The Balaban J connectivity index is 1.82. The maximum Gasteiger partial charge on any atom is 0.240 e. The molecule has 0 bridgehead atoms. The van der Waals surface area contributed by atoms with Gasteiger partial charge in [-0.2, -0.15) is 5.26 Å². The van der Waals surface area contributed by atoms with Crippen LogP contribution in [-0.4, -0.2) is 21.4 Å². The summed E-state index contributed by atoms with van der Waals surface area (Å²) in [6.45, 7) is 0.407. The van der Waals surface area contributed by atoms with Crippen molar-refractivity contribution >= 4 is 15.9 Å². The maximum atomic E-state index is 11.9. The number of nitrogens with zero attached hydrogens (tertiary/aromatic N) is 1. The molecule has 2 rings (SSSR count). The van der Waals surface area contributed by atoms with E-state index in [-0.39, 0.29) is 10.8 Å². The normalized spacial score (nSPS) is 10.9. The first-order chi connectivity index (χ1) is 11.9. The van der Waals surface area contributed by atoms with Crippen LogP contribution in [0.1, 0.15) is 23.1 Å². The van der Waals surface area contributed by atoms with Gasteiger partial charge in [0, 0.05) is 13.0 Å². The first kappa shape index (κ1) is 18.6. The zero-order chi connectivity index (χ0) is 18.3. The Labute approximate surface area is 147 Å². The minimum Gasteiger partial charge on any atom is -0.352 e. The highest BCUT2D eigenvalue weighted by molar-refractivity contribution is 7.89. The van der Waals surface area contributed by atoms with Crippen molar-refractivity contribution in [3.05, 3.63) is 65.2 Å². The van der Waals surface area contributed by atoms with Gasteiger partial charge >= 0.3 is 0 Å².